The fourth-order valence-corrected chi connectivity index (χ4v) is 5.99. The van der Waals surface area contributed by atoms with Gasteiger partial charge in [-0.15, -0.1) is 11.3 Å². The summed E-state index contributed by atoms with van der Waals surface area (Å²) in [6, 6.07) is 3.88. The smallest absolute Gasteiger partial charge is 0.450 e. The van der Waals surface area contributed by atoms with Crippen LogP contribution in [-0.4, -0.2) is 48.3 Å². The number of fused-ring (bicyclic) bond motifs is 3. The number of halogens is 3. The van der Waals surface area contributed by atoms with Gasteiger partial charge in [0.25, 0.3) is 0 Å². The van der Waals surface area contributed by atoms with Crippen LogP contribution in [0.4, 0.5) is 18.0 Å². The lowest BCUT2D eigenvalue weighted by molar-refractivity contribution is -0.137. The van der Waals surface area contributed by atoms with Crippen LogP contribution >= 0.6 is 11.3 Å². The van der Waals surface area contributed by atoms with E-state index in [2.05, 4.69) is 16.9 Å². The summed E-state index contributed by atoms with van der Waals surface area (Å²) in [5, 5.41) is 14.1. The molecule has 1 fully saturated rings. The zero-order valence-corrected chi connectivity index (χ0v) is 21.2. The maximum absolute atomic E-state index is 13.1. The monoisotopic (exact) mass is 538 g/mol. The van der Waals surface area contributed by atoms with Crippen LogP contribution in [0.5, 0.6) is 0 Å². The molecular formula is C25H29F3N4O4S. The topological polar surface area (TPSA) is 109 Å². The van der Waals surface area contributed by atoms with Crippen molar-refractivity contribution in [2.24, 2.45) is 11.8 Å². The highest BCUT2D eigenvalue weighted by atomic mass is 32.1. The van der Waals surface area contributed by atoms with E-state index in [4.69, 9.17) is 15.0 Å². The molecule has 1 amide bonds. The molecule has 37 heavy (non-hydrogen) atoms. The number of carbonyl (C=O) groups is 2. The molecule has 0 radical (unpaired) electrons. The summed E-state index contributed by atoms with van der Waals surface area (Å²) in [5.41, 5.74) is 2.87. The summed E-state index contributed by atoms with van der Waals surface area (Å²) in [7, 11) is 0. The van der Waals surface area contributed by atoms with E-state index < -0.39 is 17.3 Å². The highest BCUT2D eigenvalue weighted by molar-refractivity contribution is 7.11. The van der Waals surface area contributed by atoms with Crippen LogP contribution in [0.3, 0.4) is 0 Å². The van der Waals surface area contributed by atoms with Gasteiger partial charge in [0.05, 0.1) is 13.1 Å². The van der Waals surface area contributed by atoms with Gasteiger partial charge in [-0.3, -0.25) is 4.79 Å². The molecule has 5 rings (SSSR count). The van der Waals surface area contributed by atoms with Crippen LogP contribution in [-0.2, 0) is 30.5 Å². The molecule has 0 saturated heterocycles. The minimum atomic E-state index is -4.44. The molecule has 2 aliphatic rings. The van der Waals surface area contributed by atoms with E-state index in [9.17, 15) is 18.0 Å². The Balaban J connectivity index is 0.000000747. The number of hydrogen-bond acceptors (Lipinski definition) is 5. The van der Waals surface area contributed by atoms with Gasteiger partial charge in [0.1, 0.15) is 5.65 Å². The maximum Gasteiger partial charge on any atom is 0.503 e. The summed E-state index contributed by atoms with van der Waals surface area (Å²) in [4.78, 5) is 32.2. The van der Waals surface area contributed by atoms with Gasteiger partial charge in [-0.2, -0.15) is 13.2 Å². The van der Waals surface area contributed by atoms with Gasteiger partial charge >= 0.3 is 12.3 Å². The SMILES string of the molecule is CC1CCC(CC(=O)N2CCc3c(n(Cc4cnc(C(F)(F)F)s4)c4ncccc34)C2)CC1.O=C(O)O. The molecule has 0 unspecified atom stereocenters. The van der Waals surface area contributed by atoms with Gasteiger partial charge in [0, 0.05) is 41.3 Å². The molecule has 1 aliphatic carbocycles. The van der Waals surface area contributed by atoms with Gasteiger partial charge in [0.2, 0.25) is 5.91 Å². The van der Waals surface area contributed by atoms with E-state index in [0.29, 0.717) is 41.6 Å². The first-order chi connectivity index (χ1) is 17.5. The first-order valence-electron chi connectivity index (χ1n) is 12.2. The summed E-state index contributed by atoms with van der Waals surface area (Å²) < 4.78 is 41.1. The summed E-state index contributed by atoms with van der Waals surface area (Å²) in [6.45, 7) is 3.68. The van der Waals surface area contributed by atoms with Crippen LogP contribution in [0.15, 0.2) is 24.5 Å². The number of aromatic nitrogens is 3. The zero-order chi connectivity index (χ0) is 26.7. The Labute approximate surface area is 215 Å². The molecule has 1 aliphatic heterocycles. The molecule has 0 bridgehead atoms. The third-order valence-electron chi connectivity index (χ3n) is 7.08. The number of carbonyl (C=O) groups excluding carboxylic acids is 1. The maximum atomic E-state index is 13.1. The summed E-state index contributed by atoms with van der Waals surface area (Å²) >= 11 is 0.663. The standard InChI is InChI=1S/C24H27F3N4OS.CH2O3/c1-15-4-6-16(7-5-15)11-21(32)30-10-8-18-19-3-2-9-28-22(19)31(20(18)14-30)13-17-12-29-23(33-17)24(25,26)27;2-1(3)4/h2-3,9,12,15-16H,4-8,10-11,13-14H2,1H3;(H2,2,3,4). The lowest BCUT2D eigenvalue weighted by Gasteiger charge is -2.31. The zero-order valence-electron chi connectivity index (χ0n) is 20.4. The number of hydrogen-bond donors (Lipinski definition) is 2. The van der Waals surface area contributed by atoms with Gasteiger partial charge < -0.3 is 19.7 Å². The van der Waals surface area contributed by atoms with E-state index >= 15 is 0 Å². The summed E-state index contributed by atoms with van der Waals surface area (Å²) in [6.07, 6.45) is 2.65. The van der Waals surface area contributed by atoms with Crippen molar-refractivity contribution in [3.63, 3.8) is 0 Å². The third-order valence-corrected chi connectivity index (χ3v) is 8.10. The van der Waals surface area contributed by atoms with E-state index in [0.717, 1.165) is 47.5 Å². The number of nitrogens with zero attached hydrogens (tertiary/aromatic N) is 4. The van der Waals surface area contributed by atoms with Gasteiger partial charge in [-0.05, 0) is 48.8 Å². The minimum Gasteiger partial charge on any atom is -0.450 e. The van der Waals surface area contributed by atoms with Crippen molar-refractivity contribution in [3.05, 3.63) is 45.7 Å². The van der Waals surface area contributed by atoms with E-state index in [1.165, 1.54) is 19.0 Å². The van der Waals surface area contributed by atoms with Crippen molar-refractivity contribution in [2.75, 3.05) is 6.54 Å². The molecule has 12 heteroatoms. The fourth-order valence-electron chi connectivity index (χ4n) is 5.22. The first-order valence-corrected chi connectivity index (χ1v) is 13.0. The molecule has 4 heterocycles. The highest BCUT2D eigenvalue weighted by Gasteiger charge is 2.35. The number of amides is 1. The van der Waals surface area contributed by atoms with Crippen LogP contribution in [0.25, 0.3) is 11.0 Å². The Bertz CT molecular complexity index is 1260. The molecule has 0 atom stereocenters. The van der Waals surface area contributed by atoms with E-state index in [1.807, 2.05) is 21.6 Å². The van der Waals surface area contributed by atoms with Crippen molar-refractivity contribution < 1.29 is 33.0 Å². The number of carboxylic acid groups (broad SMARTS) is 2. The van der Waals surface area contributed by atoms with Gasteiger partial charge in [0.15, 0.2) is 5.01 Å². The largest absolute Gasteiger partial charge is 0.503 e. The van der Waals surface area contributed by atoms with E-state index in [-0.39, 0.29) is 12.5 Å². The molecule has 8 nitrogen and oxygen atoms in total. The Morgan fingerprint density at radius 2 is 1.86 bits per heavy atom. The molecular weight excluding hydrogens is 509 g/mol. The number of pyridine rings is 1. The first kappa shape index (κ1) is 26.9. The summed E-state index contributed by atoms with van der Waals surface area (Å²) in [5.74, 6) is 1.39. The van der Waals surface area contributed by atoms with Crippen LogP contribution in [0.1, 0.15) is 60.2 Å². The van der Waals surface area contributed by atoms with Crippen LogP contribution in [0, 0.1) is 11.8 Å². The van der Waals surface area contributed by atoms with Gasteiger partial charge in [-0.25, -0.2) is 14.8 Å². The molecule has 2 N–H and O–H groups in total. The van der Waals surface area contributed by atoms with Crippen LogP contribution < -0.4 is 0 Å². The Morgan fingerprint density at radius 3 is 2.51 bits per heavy atom. The molecule has 1 saturated carbocycles. The highest BCUT2D eigenvalue weighted by Crippen LogP contribution is 2.36. The molecule has 200 valence electrons. The second-order valence-electron chi connectivity index (χ2n) is 9.69. The predicted octanol–water partition coefficient (Wildman–Crippen LogP) is 5.88. The Hall–Kier alpha value is -3.15. The van der Waals surface area contributed by atoms with Crippen molar-refractivity contribution in [3.8, 4) is 0 Å². The van der Waals surface area contributed by atoms with Gasteiger partial charge in [-0.1, -0.05) is 19.8 Å². The number of rotatable bonds is 4. The number of alkyl halides is 3. The second-order valence-corrected chi connectivity index (χ2v) is 10.8. The normalized spacial score (nSPS) is 19.7. The average molecular weight is 539 g/mol. The van der Waals surface area contributed by atoms with Crippen molar-refractivity contribution in [1.82, 2.24) is 19.4 Å². The molecule has 3 aromatic heterocycles. The van der Waals surface area contributed by atoms with Crippen molar-refractivity contribution >= 4 is 34.4 Å². The van der Waals surface area contributed by atoms with E-state index in [1.54, 1.807) is 6.20 Å². The average Bonchev–Trinajstić information content (AvgIpc) is 3.44. The second kappa shape index (κ2) is 11.1. The number of thiazole rings is 1. The lowest BCUT2D eigenvalue weighted by Crippen LogP contribution is -2.37. The molecule has 0 aromatic carbocycles. The predicted molar refractivity (Wildman–Crippen MR) is 131 cm³/mol. The molecule has 0 spiro atoms. The van der Waals surface area contributed by atoms with Crippen molar-refractivity contribution in [2.45, 2.75) is 64.7 Å². The minimum absolute atomic E-state index is 0.183. The Morgan fingerprint density at radius 1 is 1.16 bits per heavy atom. The Kier molecular flexibility index (Phi) is 8.05. The van der Waals surface area contributed by atoms with Crippen LogP contribution in [0.2, 0.25) is 0 Å². The lowest BCUT2D eigenvalue weighted by atomic mass is 9.81. The van der Waals surface area contributed by atoms with Crippen molar-refractivity contribution in [1.29, 1.82) is 0 Å². The fraction of sp³-hybridized carbons (Fsp3) is 0.520. The third kappa shape index (κ3) is 6.41. The molecule has 3 aromatic rings. The quantitative estimate of drug-likeness (QED) is 0.429.